The summed E-state index contributed by atoms with van der Waals surface area (Å²) in [5.41, 5.74) is 4.03. The van der Waals surface area contributed by atoms with Crippen molar-refractivity contribution >= 4 is 34.0 Å². The highest BCUT2D eigenvalue weighted by Gasteiger charge is 2.18. The van der Waals surface area contributed by atoms with E-state index >= 15 is 0 Å². The summed E-state index contributed by atoms with van der Waals surface area (Å²) in [5, 5.41) is 12.3. The fraction of sp³-hybridized carbons (Fsp3) is 0.286. The highest BCUT2D eigenvalue weighted by atomic mass is 35.5. The number of aromatic nitrogens is 3. The molecule has 1 N–H and O–H groups in total. The van der Waals surface area contributed by atoms with Crippen molar-refractivity contribution in [1.82, 2.24) is 15.2 Å². The molecule has 8 heteroatoms. The number of nitrogens with zero attached hydrogens (tertiary/aromatic N) is 3. The van der Waals surface area contributed by atoms with E-state index in [-0.39, 0.29) is 5.91 Å². The van der Waals surface area contributed by atoms with Crippen LogP contribution in [0.4, 0.5) is 5.13 Å². The fourth-order valence-corrected chi connectivity index (χ4v) is 4.06. The van der Waals surface area contributed by atoms with Crippen molar-refractivity contribution in [3.8, 4) is 16.9 Å². The average molecular weight is 525 g/mol. The molecule has 2 heterocycles. The Kier molecular flexibility index (Phi) is 12.0. The van der Waals surface area contributed by atoms with Gasteiger partial charge in [-0.25, -0.2) is 0 Å². The third kappa shape index (κ3) is 8.43. The van der Waals surface area contributed by atoms with Gasteiger partial charge in [0.15, 0.2) is 0 Å². The maximum atomic E-state index is 12.7. The van der Waals surface area contributed by atoms with Gasteiger partial charge in [-0.1, -0.05) is 80.5 Å². The van der Waals surface area contributed by atoms with E-state index in [0.717, 1.165) is 16.3 Å². The lowest BCUT2D eigenvalue weighted by atomic mass is 9.99. The van der Waals surface area contributed by atoms with E-state index in [1.807, 2.05) is 33.8 Å². The minimum absolute atomic E-state index is 0.319. The first-order valence-electron chi connectivity index (χ1n) is 11.9. The molecule has 0 aliphatic heterocycles. The van der Waals surface area contributed by atoms with E-state index in [1.54, 1.807) is 25.3 Å². The second-order valence-electron chi connectivity index (χ2n) is 7.53. The highest BCUT2D eigenvalue weighted by Crippen LogP contribution is 2.35. The number of halogens is 1. The number of hydrogen-bond acceptors (Lipinski definition) is 6. The minimum Gasteiger partial charge on any atom is -0.496 e. The molecule has 0 saturated carbocycles. The van der Waals surface area contributed by atoms with E-state index < -0.39 is 0 Å². The molecule has 190 valence electrons. The van der Waals surface area contributed by atoms with E-state index in [9.17, 15) is 4.79 Å². The molecular formula is C28H33ClN4O2S. The van der Waals surface area contributed by atoms with Gasteiger partial charge in [-0.05, 0) is 50.1 Å². The van der Waals surface area contributed by atoms with Gasteiger partial charge in [0.05, 0.1) is 12.7 Å². The Morgan fingerprint density at radius 2 is 1.75 bits per heavy atom. The molecule has 36 heavy (non-hydrogen) atoms. The predicted octanol–water partition coefficient (Wildman–Crippen LogP) is 7.80. The molecule has 1 amide bonds. The van der Waals surface area contributed by atoms with Crippen LogP contribution in [0.25, 0.3) is 11.1 Å². The van der Waals surface area contributed by atoms with Crippen molar-refractivity contribution in [2.45, 2.75) is 47.5 Å². The molecule has 4 aromatic rings. The van der Waals surface area contributed by atoms with Crippen LogP contribution in [-0.2, 0) is 6.42 Å². The van der Waals surface area contributed by atoms with Crippen LogP contribution in [0.2, 0.25) is 5.02 Å². The van der Waals surface area contributed by atoms with Crippen molar-refractivity contribution in [3.05, 3.63) is 87.6 Å². The largest absolute Gasteiger partial charge is 0.496 e. The Balaban J connectivity index is 0.000000347. The van der Waals surface area contributed by atoms with Crippen LogP contribution in [-0.4, -0.2) is 28.2 Å². The first kappa shape index (κ1) is 28.9. The second-order valence-corrected chi connectivity index (χ2v) is 9.15. The summed E-state index contributed by atoms with van der Waals surface area (Å²) < 4.78 is 5.42. The summed E-state index contributed by atoms with van der Waals surface area (Å²) in [5.74, 6) is 0.302. The number of anilines is 1. The maximum Gasteiger partial charge on any atom is 0.259 e. The van der Waals surface area contributed by atoms with Gasteiger partial charge in [0, 0.05) is 28.0 Å². The van der Waals surface area contributed by atoms with Crippen molar-refractivity contribution < 1.29 is 9.53 Å². The van der Waals surface area contributed by atoms with Crippen LogP contribution in [0.3, 0.4) is 0 Å². The Bertz CT molecular complexity index is 1250. The number of amides is 1. The first-order chi connectivity index (χ1) is 17.4. The Hall–Kier alpha value is -3.29. The molecule has 2 aromatic heterocycles. The molecule has 2 aromatic carbocycles. The summed E-state index contributed by atoms with van der Waals surface area (Å²) in [4.78, 5) is 17.0. The lowest BCUT2D eigenvalue weighted by Gasteiger charge is -2.13. The molecular weight excluding hydrogens is 492 g/mol. The van der Waals surface area contributed by atoms with Gasteiger partial charge in [-0.15, -0.1) is 10.2 Å². The summed E-state index contributed by atoms with van der Waals surface area (Å²) in [6.07, 6.45) is 3.99. The third-order valence-electron chi connectivity index (χ3n) is 4.86. The number of carbonyl (C=O) groups is 1. The van der Waals surface area contributed by atoms with Gasteiger partial charge in [0.2, 0.25) is 5.13 Å². The number of benzene rings is 2. The first-order valence-corrected chi connectivity index (χ1v) is 13.1. The van der Waals surface area contributed by atoms with Crippen LogP contribution < -0.4 is 10.1 Å². The van der Waals surface area contributed by atoms with Crippen LogP contribution >= 0.6 is 22.9 Å². The van der Waals surface area contributed by atoms with Crippen molar-refractivity contribution in [1.29, 1.82) is 0 Å². The normalized spacial score (nSPS) is 9.86. The monoisotopic (exact) mass is 524 g/mol. The Morgan fingerprint density at radius 3 is 2.36 bits per heavy atom. The van der Waals surface area contributed by atoms with Gasteiger partial charge in [0.25, 0.3) is 5.91 Å². The highest BCUT2D eigenvalue weighted by molar-refractivity contribution is 7.15. The molecule has 0 saturated heterocycles. The topological polar surface area (TPSA) is 77.0 Å². The molecule has 0 unspecified atom stereocenters. The van der Waals surface area contributed by atoms with Crippen LogP contribution in [0.5, 0.6) is 5.75 Å². The quantitative estimate of drug-likeness (QED) is 0.278. The lowest BCUT2D eigenvalue weighted by Crippen LogP contribution is -2.14. The number of carbonyl (C=O) groups excluding carboxylic acids is 1. The zero-order chi connectivity index (χ0) is 26.5. The van der Waals surface area contributed by atoms with E-state index in [1.165, 1.54) is 35.9 Å². The summed E-state index contributed by atoms with van der Waals surface area (Å²) >= 11 is 7.44. The van der Waals surface area contributed by atoms with Gasteiger partial charge < -0.3 is 4.74 Å². The van der Waals surface area contributed by atoms with E-state index in [4.69, 9.17) is 16.3 Å². The maximum absolute atomic E-state index is 12.7. The number of hydrogen-bond donors (Lipinski definition) is 1. The van der Waals surface area contributed by atoms with Crippen LogP contribution in [0.1, 0.15) is 53.8 Å². The lowest BCUT2D eigenvalue weighted by molar-refractivity contribution is 0.102. The summed E-state index contributed by atoms with van der Waals surface area (Å²) in [7, 11) is 1.57. The number of ether oxygens (including phenoxy) is 1. The molecule has 0 aliphatic carbocycles. The number of pyridine rings is 1. The number of aryl methyl sites for hydroxylation is 3. The van der Waals surface area contributed by atoms with Crippen LogP contribution in [0, 0.1) is 13.8 Å². The SMILES string of the molecule is CC.CCCc1ccccc1.COc1ccc(Cl)cc1-c1cc(C)ncc1C(=O)Nc1nnc(C)s1. The zero-order valence-corrected chi connectivity index (χ0v) is 23.2. The molecule has 0 fully saturated rings. The fourth-order valence-electron chi connectivity index (χ4n) is 3.30. The van der Waals surface area contributed by atoms with Gasteiger partial charge >= 0.3 is 0 Å². The number of methoxy groups -OCH3 is 1. The van der Waals surface area contributed by atoms with Gasteiger partial charge in [-0.2, -0.15) is 0 Å². The average Bonchev–Trinajstić information content (AvgIpc) is 3.30. The smallest absolute Gasteiger partial charge is 0.259 e. The second kappa shape index (κ2) is 15.0. The van der Waals surface area contributed by atoms with Crippen molar-refractivity contribution in [2.24, 2.45) is 0 Å². The van der Waals surface area contributed by atoms with E-state index in [2.05, 4.69) is 57.8 Å². The predicted molar refractivity (Wildman–Crippen MR) is 150 cm³/mol. The van der Waals surface area contributed by atoms with Crippen molar-refractivity contribution in [2.75, 3.05) is 12.4 Å². The minimum atomic E-state index is -0.319. The molecule has 6 nitrogen and oxygen atoms in total. The molecule has 0 spiro atoms. The Morgan fingerprint density at radius 1 is 1.03 bits per heavy atom. The number of nitrogens with one attached hydrogen (secondary N) is 1. The Labute approximate surface area is 222 Å². The zero-order valence-electron chi connectivity index (χ0n) is 21.6. The third-order valence-corrected chi connectivity index (χ3v) is 5.85. The van der Waals surface area contributed by atoms with E-state index in [0.29, 0.717) is 27.0 Å². The van der Waals surface area contributed by atoms with Gasteiger partial charge in [-0.3, -0.25) is 15.1 Å². The molecule has 0 atom stereocenters. The molecule has 0 bridgehead atoms. The molecule has 0 aliphatic rings. The summed E-state index contributed by atoms with van der Waals surface area (Å²) in [6, 6.07) is 17.7. The number of rotatable bonds is 6. The standard InChI is InChI=1S/C17H15ClN4O2S.C9H12.C2H6/c1-9-6-12(13-7-11(18)4-5-15(13)24-3)14(8-19-9)16(23)20-17-22-21-10(2)25-17;1-2-6-9-7-4-3-5-8-9;1-2/h4-8H,1-3H3,(H,20,22,23);3-5,7-8H,2,6H2,1H3;1-2H3. The molecule has 0 radical (unpaired) electrons. The molecule has 4 rings (SSSR count). The van der Waals surface area contributed by atoms with Crippen LogP contribution in [0.15, 0.2) is 60.8 Å². The summed E-state index contributed by atoms with van der Waals surface area (Å²) in [6.45, 7) is 9.88. The van der Waals surface area contributed by atoms with Crippen molar-refractivity contribution in [3.63, 3.8) is 0 Å². The van der Waals surface area contributed by atoms with Gasteiger partial charge in [0.1, 0.15) is 10.8 Å².